The maximum absolute atomic E-state index is 2.66. The van der Waals surface area contributed by atoms with E-state index in [-0.39, 0.29) is 0 Å². The van der Waals surface area contributed by atoms with Crippen molar-refractivity contribution in [2.75, 3.05) is 26.8 Å². The number of hydrogen-bond acceptors (Lipinski definition) is 1. The molecule has 1 fully saturated rings. The predicted molar refractivity (Wildman–Crippen MR) is 62.1 cm³/mol. The summed E-state index contributed by atoms with van der Waals surface area (Å²) in [6.45, 7) is 13.1. The summed E-state index contributed by atoms with van der Waals surface area (Å²) in [4.78, 5) is 2.66. The van der Waals surface area contributed by atoms with Crippen LogP contribution >= 0.6 is 0 Å². The molecule has 84 valence electrons. The summed E-state index contributed by atoms with van der Waals surface area (Å²) in [7, 11) is 2.41. The van der Waals surface area contributed by atoms with Gasteiger partial charge in [0.05, 0.1) is 20.1 Å². The van der Waals surface area contributed by atoms with Crippen LogP contribution in [0.4, 0.5) is 0 Å². The maximum atomic E-state index is 2.66. The molecule has 1 heterocycles. The minimum atomic E-state index is 0.760. The fraction of sp³-hybridized carbons (Fsp3) is 1.00. The number of likely N-dealkylation sites (N-methyl/N-ethyl adjacent to an activating group) is 1. The lowest BCUT2D eigenvalue weighted by molar-refractivity contribution is -0.923. The van der Waals surface area contributed by atoms with Crippen LogP contribution in [0.2, 0.25) is 0 Å². The van der Waals surface area contributed by atoms with E-state index in [0.29, 0.717) is 0 Å². The molecule has 0 aromatic carbocycles. The first-order valence-electron chi connectivity index (χ1n) is 6.15. The zero-order valence-corrected chi connectivity index (χ0v) is 10.6. The molecule has 1 aliphatic heterocycles. The van der Waals surface area contributed by atoms with Gasteiger partial charge in [0.15, 0.2) is 0 Å². The second kappa shape index (κ2) is 4.63. The van der Waals surface area contributed by atoms with Gasteiger partial charge in [0.1, 0.15) is 12.7 Å². The van der Waals surface area contributed by atoms with Crippen molar-refractivity contribution in [3.05, 3.63) is 0 Å². The Bertz CT molecular complexity index is 181. The van der Waals surface area contributed by atoms with Crippen LogP contribution in [0.3, 0.4) is 0 Å². The minimum absolute atomic E-state index is 0.760. The smallest absolute Gasteiger partial charge is 0.135 e. The predicted octanol–water partition coefficient (Wildman–Crippen LogP) is 2.30. The summed E-state index contributed by atoms with van der Waals surface area (Å²) in [6, 6.07) is 1.62. The normalized spacial score (nSPS) is 36.2. The van der Waals surface area contributed by atoms with E-state index in [1.807, 2.05) is 0 Å². The third-order valence-electron chi connectivity index (χ3n) is 4.24. The summed E-state index contributed by atoms with van der Waals surface area (Å²) in [6.07, 6.45) is 2.59. The molecule has 1 aliphatic rings. The Hall–Kier alpha value is -0.0800. The van der Waals surface area contributed by atoms with Crippen molar-refractivity contribution in [3.63, 3.8) is 0 Å². The fourth-order valence-corrected chi connectivity index (χ4v) is 2.56. The summed E-state index contributed by atoms with van der Waals surface area (Å²) >= 11 is 0. The van der Waals surface area contributed by atoms with Gasteiger partial charge in [0.2, 0.25) is 0 Å². The summed E-state index contributed by atoms with van der Waals surface area (Å²) in [5.74, 6) is 0. The third-order valence-corrected chi connectivity index (χ3v) is 4.24. The van der Waals surface area contributed by atoms with E-state index in [4.69, 9.17) is 0 Å². The number of hydrogen-bond donors (Lipinski definition) is 0. The molecule has 0 bridgehead atoms. The van der Waals surface area contributed by atoms with Gasteiger partial charge in [-0.2, -0.15) is 0 Å². The highest BCUT2D eigenvalue weighted by molar-refractivity contribution is 4.74. The van der Waals surface area contributed by atoms with Crippen LogP contribution in [0.15, 0.2) is 0 Å². The molecule has 0 amide bonds. The van der Waals surface area contributed by atoms with Crippen molar-refractivity contribution in [1.29, 1.82) is 0 Å². The van der Waals surface area contributed by atoms with Gasteiger partial charge in [0, 0.05) is 6.04 Å². The lowest BCUT2D eigenvalue weighted by Crippen LogP contribution is -2.49. The van der Waals surface area contributed by atoms with Crippen molar-refractivity contribution in [3.8, 4) is 0 Å². The molecule has 0 aromatic heterocycles. The lowest BCUT2D eigenvalue weighted by atomic mass is 10.1. The van der Waals surface area contributed by atoms with E-state index >= 15 is 0 Å². The standard InChI is InChI=1S/C12H27N2/c1-6-11(4)13-9-12(7-2)14(5,8-3)10-13/h11-12H,6-10H2,1-5H3/q+1/t11?,12?,14-/m0/s1. The molecule has 3 atom stereocenters. The molecule has 0 aromatic rings. The van der Waals surface area contributed by atoms with Crippen molar-refractivity contribution >= 4 is 0 Å². The molecule has 0 saturated carbocycles. The highest BCUT2D eigenvalue weighted by Crippen LogP contribution is 2.25. The van der Waals surface area contributed by atoms with Gasteiger partial charge >= 0.3 is 0 Å². The van der Waals surface area contributed by atoms with E-state index in [1.54, 1.807) is 0 Å². The number of quaternary nitrogens is 1. The Labute approximate surface area is 89.5 Å². The summed E-state index contributed by atoms with van der Waals surface area (Å²) < 4.78 is 1.25. The number of rotatable bonds is 4. The Kier molecular flexibility index (Phi) is 3.96. The largest absolute Gasteiger partial charge is 0.310 e. The Morgan fingerprint density at radius 1 is 1.36 bits per heavy atom. The molecule has 0 spiro atoms. The molecule has 0 N–H and O–H groups in total. The topological polar surface area (TPSA) is 3.24 Å². The molecule has 0 radical (unpaired) electrons. The zero-order chi connectivity index (χ0) is 10.8. The molecule has 1 rings (SSSR count). The van der Waals surface area contributed by atoms with Crippen LogP contribution < -0.4 is 0 Å². The van der Waals surface area contributed by atoms with Crippen molar-refractivity contribution < 1.29 is 4.48 Å². The Morgan fingerprint density at radius 3 is 2.36 bits per heavy atom. The van der Waals surface area contributed by atoms with Gasteiger partial charge in [-0.25, -0.2) is 4.90 Å². The molecule has 0 aliphatic carbocycles. The third kappa shape index (κ3) is 2.12. The van der Waals surface area contributed by atoms with E-state index in [1.165, 1.54) is 37.1 Å². The van der Waals surface area contributed by atoms with E-state index < -0.39 is 0 Å². The molecule has 14 heavy (non-hydrogen) atoms. The Morgan fingerprint density at radius 2 is 2.00 bits per heavy atom. The first-order valence-corrected chi connectivity index (χ1v) is 6.15. The van der Waals surface area contributed by atoms with E-state index in [2.05, 4.69) is 39.6 Å². The second-order valence-corrected chi connectivity index (χ2v) is 5.03. The summed E-state index contributed by atoms with van der Waals surface area (Å²) in [5, 5.41) is 0. The molecular weight excluding hydrogens is 172 g/mol. The highest BCUT2D eigenvalue weighted by Gasteiger charge is 2.41. The lowest BCUT2D eigenvalue weighted by Gasteiger charge is -2.34. The summed E-state index contributed by atoms with van der Waals surface area (Å²) in [5.41, 5.74) is 0. The maximum Gasteiger partial charge on any atom is 0.135 e. The van der Waals surface area contributed by atoms with Crippen LogP contribution in [0.25, 0.3) is 0 Å². The van der Waals surface area contributed by atoms with Gasteiger partial charge < -0.3 is 4.48 Å². The van der Waals surface area contributed by atoms with Crippen molar-refractivity contribution in [1.82, 2.24) is 4.90 Å². The number of nitrogens with zero attached hydrogens (tertiary/aromatic N) is 2. The van der Waals surface area contributed by atoms with Crippen LogP contribution in [-0.4, -0.2) is 48.3 Å². The molecule has 1 saturated heterocycles. The zero-order valence-electron chi connectivity index (χ0n) is 10.6. The van der Waals surface area contributed by atoms with Crippen LogP contribution in [0.5, 0.6) is 0 Å². The first kappa shape index (κ1) is 12.0. The molecule has 2 nitrogen and oxygen atoms in total. The monoisotopic (exact) mass is 199 g/mol. The van der Waals surface area contributed by atoms with Crippen LogP contribution in [-0.2, 0) is 0 Å². The Balaban J connectivity index is 2.65. The average Bonchev–Trinajstić information content (AvgIpc) is 2.55. The molecule has 2 heteroatoms. The van der Waals surface area contributed by atoms with Gasteiger partial charge in [-0.05, 0) is 26.7 Å². The second-order valence-electron chi connectivity index (χ2n) is 5.03. The minimum Gasteiger partial charge on any atom is -0.310 e. The molecular formula is C12H27N2+. The quantitative estimate of drug-likeness (QED) is 0.628. The van der Waals surface area contributed by atoms with Crippen molar-refractivity contribution in [2.24, 2.45) is 0 Å². The van der Waals surface area contributed by atoms with Gasteiger partial charge in [-0.15, -0.1) is 0 Å². The van der Waals surface area contributed by atoms with Gasteiger partial charge in [0.25, 0.3) is 0 Å². The van der Waals surface area contributed by atoms with E-state index in [0.717, 1.165) is 12.1 Å². The average molecular weight is 199 g/mol. The van der Waals surface area contributed by atoms with E-state index in [9.17, 15) is 0 Å². The molecule has 2 unspecified atom stereocenters. The first-order chi connectivity index (χ1) is 6.57. The van der Waals surface area contributed by atoms with Gasteiger partial charge in [-0.3, -0.25) is 0 Å². The van der Waals surface area contributed by atoms with Crippen molar-refractivity contribution in [2.45, 2.75) is 52.6 Å². The fourth-order valence-electron chi connectivity index (χ4n) is 2.56. The van der Waals surface area contributed by atoms with Crippen LogP contribution in [0.1, 0.15) is 40.5 Å². The SMILES string of the molecule is CCC(C)N1CC(CC)[N@@+](C)(CC)C1. The highest BCUT2D eigenvalue weighted by atomic mass is 15.5. The van der Waals surface area contributed by atoms with Crippen LogP contribution in [0, 0.1) is 0 Å². The van der Waals surface area contributed by atoms with Gasteiger partial charge in [-0.1, -0.05) is 13.8 Å².